The van der Waals surface area contributed by atoms with Crippen molar-refractivity contribution in [2.24, 2.45) is 0 Å². The van der Waals surface area contributed by atoms with Crippen LogP contribution in [0.1, 0.15) is 43.8 Å². The Morgan fingerprint density at radius 1 is 0.769 bits per heavy atom. The maximum Gasteiger partial charge on any atom is 0.321 e. The largest absolute Gasteiger partial charge is 0.385 e. The van der Waals surface area contributed by atoms with Gasteiger partial charge in [0.05, 0.1) is 0 Å². The van der Waals surface area contributed by atoms with Crippen LogP contribution in [0.4, 0.5) is 16.2 Å². The Hall–Kier alpha value is -4.65. The van der Waals surface area contributed by atoms with Crippen LogP contribution in [-0.4, -0.2) is 53.8 Å². The first kappa shape index (κ1) is 26.0. The zero-order chi connectivity index (χ0) is 27.4. The number of benzene rings is 4. The van der Waals surface area contributed by atoms with Gasteiger partial charge in [0.15, 0.2) is 0 Å². The summed E-state index contributed by atoms with van der Waals surface area (Å²) in [5.74, 6) is -0.459. The van der Waals surface area contributed by atoms with Crippen molar-refractivity contribution in [3.8, 4) is 11.1 Å². The summed E-state index contributed by atoms with van der Waals surface area (Å²) in [6.45, 7) is 6.23. The fourth-order valence-electron chi connectivity index (χ4n) is 4.99. The molecule has 4 aromatic rings. The molecule has 0 atom stereocenters. The number of imide groups is 1. The molecule has 1 heterocycles. The highest BCUT2D eigenvalue weighted by molar-refractivity contribution is 6.25. The zero-order valence-corrected chi connectivity index (χ0v) is 22.2. The molecule has 7 nitrogen and oxygen atoms in total. The smallest absolute Gasteiger partial charge is 0.321 e. The van der Waals surface area contributed by atoms with Crippen molar-refractivity contribution in [1.29, 1.82) is 0 Å². The number of carbonyl (C=O) groups is 3. The van der Waals surface area contributed by atoms with Crippen LogP contribution in [0.2, 0.25) is 0 Å². The molecule has 0 bridgehead atoms. The number of amides is 4. The molecule has 7 heteroatoms. The molecule has 0 spiro atoms. The minimum Gasteiger partial charge on any atom is -0.385 e. The van der Waals surface area contributed by atoms with E-state index in [1.807, 2.05) is 86.6 Å². The molecule has 202 valence electrons. The highest BCUT2D eigenvalue weighted by atomic mass is 16.2. The lowest BCUT2D eigenvalue weighted by atomic mass is 9.94. The number of rotatable bonds is 9. The summed E-state index contributed by atoms with van der Waals surface area (Å²) in [6, 6.07) is 27.0. The van der Waals surface area contributed by atoms with E-state index in [2.05, 4.69) is 10.6 Å². The summed E-state index contributed by atoms with van der Waals surface area (Å²) < 4.78 is 0. The van der Waals surface area contributed by atoms with E-state index in [0.717, 1.165) is 33.3 Å². The molecule has 5 rings (SSSR count). The third-order valence-electron chi connectivity index (χ3n) is 7.15. The van der Waals surface area contributed by atoms with Crippen molar-refractivity contribution >= 4 is 40.0 Å². The van der Waals surface area contributed by atoms with E-state index in [9.17, 15) is 14.4 Å². The lowest BCUT2D eigenvalue weighted by Crippen LogP contribution is -2.41. The summed E-state index contributed by atoms with van der Waals surface area (Å²) in [4.78, 5) is 41.4. The molecule has 1 aliphatic heterocycles. The number of urea groups is 1. The maximum absolute atomic E-state index is 13.0. The molecule has 2 N–H and O–H groups in total. The molecule has 0 saturated carbocycles. The number of hydrogen-bond acceptors (Lipinski definition) is 4. The van der Waals surface area contributed by atoms with Gasteiger partial charge in [-0.1, -0.05) is 48.5 Å². The number of nitrogens with one attached hydrogen (secondary N) is 2. The normalized spacial score (nSPS) is 12.5. The Kier molecular flexibility index (Phi) is 7.59. The van der Waals surface area contributed by atoms with Crippen molar-refractivity contribution < 1.29 is 17.2 Å². The van der Waals surface area contributed by atoms with Gasteiger partial charge in [0.25, 0.3) is 11.8 Å². The Labute approximate surface area is 231 Å². The summed E-state index contributed by atoms with van der Waals surface area (Å²) in [5, 5.41) is 7.98. The van der Waals surface area contributed by atoms with Crippen LogP contribution in [0.3, 0.4) is 0 Å². The molecule has 39 heavy (non-hydrogen) atoms. The molecule has 1 aliphatic rings. The molecule has 4 aromatic carbocycles. The number of nitrogens with zero attached hydrogens (tertiary/aromatic N) is 2. The monoisotopic (exact) mass is 524 g/mol. The Morgan fingerprint density at radius 3 is 1.85 bits per heavy atom. The van der Waals surface area contributed by atoms with Gasteiger partial charge in [0.2, 0.25) is 0 Å². The van der Waals surface area contributed by atoms with Gasteiger partial charge in [-0.25, -0.2) is 4.79 Å². The van der Waals surface area contributed by atoms with E-state index < -0.39 is 0 Å². The lowest BCUT2D eigenvalue weighted by Gasteiger charge is -2.27. The molecule has 0 saturated heterocycles. The minimum atomic E-state index is -0.229. The van der Waals surface area contributed by atoms with Crippen LogP contribution in [-0.2, 0) is 0 Å². The second-order valence-electron chi connectivity index (χ2n) is 9.51. The van der Waals surface area contributed by atoms with Gasteiger partial charge in [0.1, 0.15) is 0 Å². The highest BCUT2D eigenvalue weighted by Gasteiger charge is 2.32. The van der Waals surface area contributed by atoms with Crippen molar-refractivity contribution in [3.63, 3.8) is 0 Å². The van der Waals surface area contributed by atoms with E-state index in [-0.39, 0.29) is 20.7 Å². The molecule has 0 radical (unpaired) electrons. The van der Waals surface area contributed by atoms with E-state index in [0.29, 0.717) is 43.7 Å². The zero-order valence-electron chi connectivity index (χ0n) is 22.2. The third-order valence-corrected chi connectivity index (χ3v) is 7.15. The molecule has 0 unspecified atom stereocenters. The van der Waals surface area contributed by atoms with Crippen LogP contribution in [0.25, 0.3) is 21.9 Å². The van der Waals surface area contributed by atoms with Gasteiger partial charge in [0, 0.05) is 56.9 Å². The molecule has 0 fully saturated rings. The molecule has 0 aliphatic carbocycles. The summed E-state index contributed by atoms with van der Waals surface area (Å²) in [7, 11) is 0. The fraction of sp³-hybridized carbons (Fsp3) is 0.219. The van der Waals surface area contributed by atoms with Crippen molar-refractivity contribution in [2.75, 3.05) is 36.8 Å². The predicted octanol–water partition coefficient (Wildman–Crippen LogP) is 6.97. The van der Waals surface area contributed by atoms with Crippen LogP contribution >= 0.6 is 0 Å². The maximum atomic E-state index is 13.0. The quantitative estimate of drug-likeness (QED) is 0.183. The van der Waals surface area contributed by atoms with E-state index in [1.54, 1.807) is 17.0 Å². The molecular formula is C32H36N4O3. The van der Waals surface area contributed by atoms with Crippen LogP contribution < -0.4 is 10.6 Å². The second-order valence-corrected chi connectivity index (χ2v) is 9.51. The van der Waals surface area contributed by atoms with Crippen molar-refractivity contribution in [1.82, 2.24) is 9.80 Å². The van der Waals surface area contributed by atoms with E-state index in [1.165, 1.54) is 4.90 Å². The molecule has 4 amide bonds. The fourth-order valence-corrected chi connectivity index (χ4v) is 4.99. The van der Waals surface area contributed by atoms with Crippen molar-refractivity contribution in [2.45, 2.75) is 20.3 Å². The SMILES string of the molecule is CCN(CC)C(=O)Nc1ccc(-c2ccc(NCCCN3C(=O)c4cccc5cccc(c45)C3=O)cc2)cc1.[HH].[HH]. The Morgan fingerprint density at radius 2 is 1.31 bits per heavy atom. The summed E-state index contributed by atoms with van der Waals surface area (Å²) in [6.07, 6.45) is 0.637. The van der Waals surface area contributed by atoms with Gasteiger partial charge in [-0.3, -0.25) is 14.5 Å². The van der Waals surface area contributed by atoms with Crippen molar-refractivity contribution in [3.05, 3.63) is 96.1 Å². The van der Waals surface area contributed by atoms with E-state index in [4.69, 9.17) is 0 Å². The standard InChI is InChI=1S/C32H32N4O3.2H2/c1-3-35(4-2)32(39)34-26-18-14-23(15-19-26)22-12-16-25(17-13-22)33-20-7-21-36-30(37)27-10-5-8-24-9-6-11-28(29(24)27)31(36)38;;/h5-6,8-19,33H,3-4,7,20-21H2,1-2H3,(H,34,39);2*1H. The summed E-state index contributed by atoms with van der Waals surface area (Å²) >= 11 is 0. The Balaban J connectivity index is 0.00000231. The second kappa shape index (κ2) is 11.4. The van der Waals surface area contributed by atoms with Gasteiger partial charge in [-0.05, 0) is 73.2 Å². The number of anilines is 2. The third kappa shape index (κ3) is 5.34. The average molecular weight is 525 g/mol. The predicted molar refractivity (Wildman–Crippen MR) is 160 cm³/mol. The highest BCUT2D eigenvalue weighted by Crippen LogP contribution is 2.30. The number of hydrogen-bond donors (Lipinski definition) is 2. The van der Waals surface area contributed by atoms with Crippen LogP contribution in [0.15, 0.2) is 84.9 Å². The van der Waals surface area contributed by atoms with Gasteiger partial charge < -0.3 is 15.5 Å². The first-order valence-electron chi connectivity index (χ1n) is 13.4. The summed E-state index contributed by atoms with van der Waals surface area (Å²) in [5.41, 5.74) is 5.03. The van der Waals surface area contributed by atoms with Crippen LogP contribution in [0.5, 0.6) is 0 Å². The van der Waals surface area contributed by atoms with E-state index >= 15 is 0 Å². The molecule has 0 aromatic heterocycles. The molecular weight excluding hydrogens is 488 g/mol. The minimum absolute atomic E-state index is 0. The topological polar surface area (TPSA) is 81.8 Å². The van der Waals surface area contributed by atoms with Gasteiger partial charge >= 0.3 is 6.03 Å². The number of carbonyl (C=O) groups excluding carboxylic acids is 3. The van der Waals surface area contributed by atoms with Gasteiger partial charge in [-0.2, -0.15) is 0 Å². The lowest BCUT2D eigenvalue weighted by molar-refractivity contribution is 0.0610. The average Bonchev–Trinajstić information content (AvgIpc) is 2.97. The van der Waals surface area contributed by atoms with Gasteiger partial charge in [-0.15, -0.1) is 0 Å². The Bertz CT molecular complexity index is 1470. The first-order chi connectivity index (χ1) is 19.0. The first-order valence-corrected chi connectivity index (χ1v) is 13.4. The van der Waals surface area contributed by atoms with Crippen LogP contribution in [0, 0.1) is 0 Å².